The summed E-state index contributed by atoms with van der Waals surface area (Å²) in [5.41, 5.74) is 13.4. The molecule has 2 amide bonds. The molecule has 1 aliphatic heterocycles. The number of hydrogen-bond donors (Lipinski definition) is 4. The molecule has 0 unspecified atom stereocenters. The summed E-state index contributed by atoms with van der Waals surface area (Å²) in [6, 6.07) is 7.64. The Morgan fingerprint density at radius 3 is 2.58 bits per heavy atom. The van der Waals surface area contributed by atoms with Gasteiger partial charge in [-0.1, -0.05) is 12.8 Å². The molecule has 0 bridgehead atoms. The van der Waals surface area contributed by atoms with Crippen LogP contribution in [0.3, 0.4) is 0 Å². The average molecular weight is 424 g/mol. The van der Waals surface area contributed by atoms with Crippen molar-refractivity contribution < 1.29 is 9.59 Å². The topological polar surface area (TPSA) is 139 Å². The lowest BCUT2D eigenvalue weighted by molar-refractivity contribution is -0.119. The first-order valence-electron chi connectivity index (χ1n) is 10.9. The van der Waals surface area contributed by atoms with E-state index in [4.69, 9.17) is 11.5 Å². The monoisotopic (exact) mass is 423 g/mol. The van der Waals surface area contributed by atoms with Crippen molar-refractivity contribution in [1.82, 2.24) is 9.97 Å². The van der Waals surface area contributed by atoms with Gasteiger partial charge in [-0.25, -0.2) is 9.97 Å². The maximum absolute atomic E-state index is 12.1. The number of piperidine rings is 1. The molecule has 1 aliphatic carbocycles. The van der Waals surface area contributed by atoms with Crippen molar-refractivity contribution in [1.29, 1.82) is 0 Å². The highest BCUT2D eigenvalue weighted by molar-refractivity contribution is 5.96. The van der Waals surface area contributed by atoms with E-state index < -0.39 is 5.91 Å². The highest BCUT2D eigenvalue weighted by Gasteiger charge is 2.23. The zero-order valence-electron chi connectivity index (χ0n) is 17.5. The van der Waals surface area contributed by atoms with Gasteiger partial charge in [-0.15, -0.1) is 0 Å². The van der Waals surface area contributed by atoms with Gasteiger partial charge in [0.15, 0.2) is 11.5 Å². The van der Waals surface area contributed by atoms with Crippen molar-refractivity contribution in [3.63, 3.8) is 0 Å². The van der Waals surface area contributed by atoms with E-state index in [0.29, 0.717) is 12.2 Å². The number of nitrogens with two attached hydrogens (primary N) is 2. The minimum Gasteiger partial charge on any atom is -0.364 e. The summed E-state index contributed by atoms with van der Waals surface area (Å²) in [7, 11) is 0. The van der Waals surface area contributed by atoms with Crippen molar-refractivity contribution in [2.45, 2.75) is 57.0 Å². The Morgan fingerprint density at radius 2 is 1.87 bits per heavy atom. The van der Waals surface area contributed by atoms with Gasteiger partial charge in [0.05, 0.1) is 6.20 Å². The first kappa shape index (κ1) is 21.0. The Hall–Kier alpha value is -3.20. The van der Waals surface area contributed by atoms with Gasteiger partial charge in [0.1, 0.15) is 5.82 Å². The quantitative estimate of drug-likeness (QED) is 0.560. The van der Waals surface area contributed by atoms with Gasteiger partial charge >= 0.3 is 0 Å². The zero-order valence-corrected chi connectivity index (χ0v) is 17.5. The predicted molar refractivity (Wildman–Crippen MR) is 120 cm³/mol. The summed E-state index contributed by atoms with van der Waals surface area (Å²) >= 11 is 0. The number of aromatic nitrogens is 2. The van der Waals surface area contributed by atoms with E-state index in [-0.39, 0.29) is 29.5 Å². The third-order valence-corrected chi connectivity index (χ3v) is 5.92. The number of nitrogens with zero attached hydrogens (tertiary/aromatic N) is 3. The van der Waals surface area contributed by atoms with E-state index in [0.717, 1.165) is 56.4 Å². The predicted octanol–water partition coefficient (Wildman–Crippen LogP) is 2.52. The van der Waals surface area contributed by atoms with Gasteiger partial charge in [-0.05, 0) is 49.9 Å². The van der Waals surface area contributed by atoms with Crippen molar-refractivity contribution in [2.75, 3.05) is 22.1 Å². The molecular weight excluding hydrogens is 394 g/mol. The highest BCUT2D eigenvalue weighted by atomic mass is 16.2. The molecule has 2 aromatic rings. The van der Waals surface area contributed by atoms with Crippen LogP contribution in [-0.2, 0) is 4.79 Å². The summed E-state index contributed by atoms with van der Waals surface area (Å²) in [6.07, 6.45) is 8.25. The van der Waals surface area contributed by atoms with Crippen molar-refractivity contribution in [3.05, 3.63) is 36.2 Å². The standard InChI is InChI=1S/C22H29N7O2/c23-16-5-1-2-6-17(16)27-18-13-25-20(21(24)31)22(28-18)26-14-8-10-15(11-9-14)29-12-4-3-7-19(29)30/h8-11,13,16-17H,1-7,12,23H2,(H2,24,31)(H2,26,27,28)/t16-,17+/m0/s1. The molecule has 0 radical (unpaired) electrons. The van der Waals surface area contributed by atoms with Gasteiger partial charge in [-0.2, -0.15) is 0 Å². The molecule has 1 saturated heterocycles. The summed E-state index contributed by atoms with van der Waals surface area (Å²) < 4.78 is 0. The third-order valence-electron chi connectivity index (χ3n) is 5.92. The Kier molecular flexibility index (Phi) is 6.31. The maximum atomic E-state index is 12.1. The van der Waals surface area contributed by atoms with Crippen molar-refractivity contribution >= 4 is 34.8 Å². The van der Waals surface area contributed by atoms with E-state index in [1.54, 1.807) is 4.90 Å². The minimum absolute atomic E-state index is 0.0628. The molecule has 2 aliphatic rings. The number of rotatable bonds is 6. The van der Waals surface area contributed by atoms with E-state index in [1.807, 2.05) is 24.3 Å². The van der Waals surface area contributed by atoms with Crippen molar-refractivity contribution in [3.8, 4) is 0 Å². The summed E-state index contributed by atoms with van der Waals surface area (Å²) in [6.45, 7) is 0.736. The first-order chi connectivity index (χ1) is 15.0. The van der Waals surface area contributed by atoms with Crippen LogP contribution in [0.15, 0.2) is 30.5 Å². The van der Waals surface area contributed by atoms with E-state index >= 15 is 0 Å². The lowest BCUT2D eigenvalue weighted by Crippen LogP contribution is -2.42. The lowest BCUT2D eigenvalue weighted by Gasteiger charge is -2.29. The second kappa shape index (κ2) is 9.30. The van der Waals surface area contributed by atoms with Crippen LogP contribution in [0.25, 0.3) is 0 Å². The van der Waals surface area contributed by atoms with Gasteiger partial charge in [-0.3, -0.25) is 9.59 Å². The fourth-order valence-corrected chi connectivity index (χ4v) is 4.20. The van der Waals surface area contributed by atoms with Gasteiger partial charge in [0.25, 0.3) is 5.91 Å². The Labute approximate surface area is 181 Å². The largest absolute Gasteiger partial charge is 0.364 e. The van der Waals surface area contributed by atoms with Crippen LogP contribution in [0.4, 0.5) is 23.0 Å². The van der Waals surface area contributed by atoms with Crippen LogP contribution < -0.4 is 27.0 Å². The van der Waals surface area contributed by atoms with Crippen LogP contribution in [-0.4, -0.2) is 40.4 Å². The fraction of sp³-hybridized carbons (Fsp3) is 0.455. The molecule has 2 fully saturated rings. The normalized spacial score (nSPS) is 21.6. The van der Waals surface area contributed by atoms with Crippen LogP contribution >= 0.6 is 0 Å². The second-order valence-corrected chi connectivity index (χ2v) is 8.19. The highest BCUT2D eigenvalue weighted by Crippen LogP contribution is 2.26. The third kappa shape index (κ3) is 4.93. The Morgan fingerprint density at radius 1 is 1.10 bits per heavy atom. The number of anilines is 4. The summed E-state index contributed by atoms with van der Waals surface area (Å²) in [4.78, 5) is 34.5. The lowest BCUT2D eigenvalue weighted by atomic mass is 9.91. The molecule has 164 valence electrons. The molecule has 2 atom stereocenters. The molecule has 1 aromatic carbocycles. The fourth-order valence-electron chi connectivity index (χ4n) is 4.20. The summed E-state index contributed by atoms with van der Waals surface area (Å²) in [5, 5.41) is 6.48. The molecule has 2 heterocycles. The Balaban J connectivity index is 1.52. The van der Waals surface area contributed by atoms with Crippen LogP contribution in [0.1, 0.15) is 55.4 Å². The molecule has 9 heteroatoms. The number of hydrogen-bond acceptors (Lipinski definition) is 7. The van der Waals surface area contributed by atoms with E-state index in [9.17, 15) is 9.59 Å². The van der Waals surface area contributed by atoms with Gasteiger partial charge < -0.3 is 27.0 Å². The molecule has 1 saturated carbocycles. The smallest absolute Gasteiger partial charge is 0.271 e. The van der Waals surface area contributed by atoms with Crippen molar-refractivity contribution in [2.24, 2.45) is 11.5 Å². The zero-order chi connectivity index (χ0) is 21.8. The maximum Gasteiger partial charge on any atom is 0.271 e. The molecule has 31 heavy (non-hydrogen) atoms. The van der Waals surface area contributed by atoms with Gasteiger partial charge in [0, 0.05) is 36.4 Å². The number of carbonyl (C=O) groups is 2. The molecule has 9 nitrogen and oxygen atoms in total. The molecule has 0 spiro atoms. The van der Waals surface area contributed by atoms with E-state index in [1.165, 1.54) is 6.20 Å². The number of amides is 2. The molecule has 1 aromatic heterocycles. The van der Waals surface area contributed by atoms with Gasteiger partial charge in [0.2, 0.25) is 5.91 Å². The Bertz CT molecular complexity index is 947. The minimum atomic E-state index is -0.661. The number of primary amides is 1. The second-order valence-electron chi connectivity index (χ2n) is 8.19. The molecule has 6 N–H and O–H groups in total. The number of nitrogens with one attached hydrogen (secondary N) is 2. The van der Waals surface area contributed by atoms with E-state index in [2.05, 4.69) is 20.6 Å². The molecule has 4 rings (SSSR count). The number of benzene rings is 1. The van der Waals surface area contributed by atoms with Crippen LogP contribution in [0.2, 0.25) is 0 Å². The first-order valence-corrected chi connectivity index (χ1v) is 10.9. The van der Waals surface area contributed by atoms with Crippen LogP contribution in [0, 0.1) is 0 Å². The SMILES string of the molecule is NC(=O)c1ncc(N[C@@H]2CCCC[C@@H]2N)nc1Nc1ccc(N2CCCCC2=O)cc1. The molecular formula is C22H29N7O2. The summed E-state index contributed by atoms with van der Waals surface area (Å²) in [5.74, 6) is 0.314. The number of carbonyl (C=O) groups excluding carboxylic acids is 2. The van der Waals surface area contributed by atoms with Crippen LogP contribution in [0.5, 0.6) is 0 Å². The average Bonchev–Trinajstić information content (AvgIpc) is 2.76.